The lowest BCUT2D eigenvalue weighted by Crippen LogP contribution is -2.62. The van der Waals surface area contributed by atoms with Gasteiger partial charge in [0, 0.05) is 24.4 Å². The van der Waals surface area contributed by atoms with E-state index in [4.69, 9.17) is 0 Å². The van der Waals surface area contributed by atoms with Crippen molar-refractivity contribution < 1.29 is 4.79 Å². The van der Waals surface area contributed by atoms with Crippen LogP contribution in [0.2, 0.25) is 0 Å². The van der Waals surface area contributed by atoms with E-state index >= 15 is 0 Å². The number of nitrogens with zero attached hydrogens (tertiary/aromatic N) is 2. The Balaban J connectivity index is 1.77. The molecule has 3 nitrogen and oxygen atoms in total. The average Bonchev–Trinajstić information content (AvgIpc) is 2.41. The smallest absolute Gasteiger partial charge is 0.225 e. The van der Waals surface area contributed by atoms with Crippen molar-refractivity contribution in [3.05, 3.63) is 0 Å². The summed E-state index contributed by atoms with van der Waals surface area (Å²) in [4.78, 5) is 16.6. The molecule has 0 aromatic rings. The van der Waals surface area contributed by atoms with Gasteiger partial charge in [0.05, 0.1) is 6.54 Å². The van der Waals surface area contributed by atoms with Crippen molar-refractivity contribution in [1.82, 2.24) is 9.80 Å². The molecule has 3 heteroatoms. The molecular weight excluding hydrogens is 236 g/mol. The van der Waals surface area contributed by atoms with Crippen LogP contribution in [0.3, 0.4) is 0 Å². The maximum Gasteiger partial charge on any atom is 0.225 e. The minimum atomic E-state index is 0.192. The molecule has 0 aliphatic carbocycles. The first-order valence-corrected chi connectivity index (χ1v) is 7.51. The van der Waals surface area contributed by atoms with E-state index in [-0.39, 0.29) is 5.92 Å². The summed E-state index contributed by atoms with van der Waals surface area (Å²) in [6.07, 6.45) is 3.40. The molecule has 0 bridgehead atoms. The van der Waals surface area contributed by atoms with E-state index in [9.17, 15) is 4.79 Å². The molecule has 0 N–H and O–H groups in total. The van der Waals surface area contributed by atoms with Crippen molar-refractivity contribution in [1.29, 1.82) is 0 Å². The Bertz CT molecular complexity index is 377. The molecule has 2 aliphatic heterocycles. The topological polar surface area (TPSA) is 23.6 Å². The normalized spacial score (nSPS) is 23.4. The monoisotopic (exact) mass is 262 g/mol. The molecule has 1 spiro atoms. The third-order valence-electron chi connectivity index (χ3n) is 4.79. The highest BCUT2D eigenvalue weighted by Crippen LogP contribution is 2.40. The summed E-state index contributed by atoms with van der Waals surface area (Å²) >= 11 is 0. The Kier molecular flexibility index (Phi) is 4.52. The fourth-order valence-electron chi connectivity index (χ4n) is 3.10. The third kappa shape index (κ3) is 3.12. The van der Waals surface area contributed by atoms with Crippen molar-refractivity contribution in [3.63, 3.8) is 0 Å². The zero-order valence-electron chi connectivity index (χ0n) is 12.5. The highest BCUT2D eigenvalue weighted by atomic mass is 16.2. The van der Waals surface area contributed by atoms with Gasteiger partial charge in [-0.3, -0.25) is 9.69 Å². The van der Waals surface area contributed by atoms with Crippen LogP contribution >= 0.6 is 0 Å². The fraction of sp³-hybridized carbons (Fsp3) is 0.812. The highest BCUT2D eigenvalue weighted by molar-refractivity contribution is 5.79. The van der Waals surface area contributed by atoms with E-state index in [1.165, 1.54) is 12.8 Å². The maximum atomic E-state index is 12.1. The van der Waals surface area contributed by atoms with Crippen molar-refractivity contribution in [2.45, 2.75) is 40.0 Å². The molecule has 1 atom stereocenters. The van der Waals surface area contributed by atoms with Crippen LogP contribution in [-0.4, -0.2) is 48.4 Å². The number of carbonyl (C=O) groups excluding carboxylic acids is 1. The molecule has 1 amide bonds. The molecule has 1 unspecified atom stereocenters. The van der Waals surface area contributed by atoms with Crippen molar-refractivity contribution >= 4 is 5.91 Å². The van der Waals surface area contributed by atoms with Gasteiger partial charge in [0.15, 0.2) is 0 Å². The first kappa shape index (κ1) is 14.4. The van der Waals surface area contributed by atoms with Gasteiger partial charge in [-0.1, -0.05) is 19.8 Å². The predicted molar refractivity (Wildman–Crippen MR) is 77.6 cm³/mol. The van der Waals surface area contributed by atoms with Crippen LogP contribution in [0.4, 0.5) is 0 Å². The van der Waals surface area contributed by atoms with E-state index in [1.54, 1.807) is 0 Å². The molecule has 0 saturated carbocycles. The van der Waals surface area contributed by atoms with Gasteiger partial charge < -0.3 is 4.90 Å². The Hall–Kier alpha value is -1.01. The maximum absolute atomic E-state index is 12.1. The first-order chi connectivity index (χ1) is 9.10. The molecule has 2 aliphatic rings. The molecule has 0 aromatic heterocycles. The van der Waals surface area contributed by atoms with Gasteiger partial charge >= 0.3 is 0 Å². The van der Waals surface area contributed by atoms with Crippen molar-refractivity contribution in [2.75, 3.05) is 32.7 Å². The summed E-state index contributed by atoms with van der Waals surface area (Å²) in [6.45, 7) is 11.2. The summed E-state index contributed by atoms with van der Waals surface area (Å²) in [5.41, 5.74) is 0.430. The number of hydrogen-bond acceptors (Lipinski definition) is 2. The van der Waals surface area contributed by atoms with Crippen LogP contribution in [0.1, 0.15) is 40.0 Å². The van der Waals surface area contributed by atoms with E-state index in [2.05, 4.69) is 28.6 Å². The predicted octanol–water partition coefficient (Wildman–Crippen LogP) is 1.98. The molecule has 0 aromatic carbocycles. The van der Waals surface area contributed by atoms with Gasteiger partial charge in [-0.15, -0.1) is 5.92 Å². The molecule has 19 heavy (non-hydrogen) atoms. The fourth-order valence-corrected chi connectivity index (χ4v) is 3.10. The van der Waals surface area contributed by atoms with Gasteiger partial charge in [-0.2, -0.15) is 0 Å². The molecule has 2 heterocycles. The van der Waals surface area contributed by atoms with Crippen LogP contribution in [0, 0.1) is 23.2 Å². The first-order valence-electron chi connectivity index (χ1n) is 7.51. The lowest BCUT2D eigenvalue weighted by atomic mass is 9.71. The van der Waals surface area contributed by atoms with Crippen LogP contribution in [0.15, 0.2) is 0 Å². The van der Waals surface area contributed by atoms with Gasteiger partial charge in [0.25, 0.3) is 0 Å². The van der Waals surface area contributed by atoms with E-state index < -0.39 is 0 Å². The summed E-state index contributed by atoms with van der Waals surface area (Å²) < 4.78 is 0. The summed E-state index contributed by atoms with van der Waals surface area (Å²) in [6, 6.07) is 0. The van der Waals surface area contributed by atoms with Crippen LogP contribution in [-0.2, 0) is 4.79 Å². The number of hydrogen-bond donors (Lipinski definition) is 0. The largest absolute Gasteiger partial charge is 0.341 e. The standard InChI is InChI=1S/C16H26N2O/c1-4-6-9-17-10-7-16(8-11-17)12-18(13-16)15(19)14(3)5-2/h14H,5,7-13H2,1-3H3. The van der Waals surface area contributed by atoms with E-state index in [0.717, 1.165) is 39.1 Å². The third-order valence-corrected chi connectivity index (χ3v) is 4.79. The van der Waals surface area contributed by atoms with Crippen molar-refractivity contribution in [3.8, 4) is 11.8 Å². The molecule has 2 fully saturated rings. The van der Waals surface area contributed by atoms with Gasteiger partial charge in [0.2, 0.25) is 5.91 Å². The minimum absolute atomic E-state index is 0.192. The number of amides is 1. The summed E-state index contributed by atoms with van der Waals surface area (Å²) in [7, 11) is 0. The minimum Gasteiger partial charge on any atom is -0.341 e. The van der Waals surface area contributed by atoms with E-state index in [0.29, 0.717) is 11.3 Å². The molecule has 0 radical (unpaired) electrons. The molecule has 106 valence electrons. The zero-order chi connectivity index (χ0) is 13.9. The molecular formula is C16H26N2O. The van der Waals surface area contributed by atoms with Crippen molar-refractivity contribution in [2.24, 2.45) is 11.3 Å². The Labute approximate surface area is 117 Å². The second-order valence-electron chi connectivity index (χ2n) is 6.21. The average molecular weight is 262 g/mol. The number of piperidine rings is 1. The van der Waals surface area contributed by atoms with Gasteiger partial charge in [0.1, 0.15) is 0 Å². The quantitative estimate of drug-likeness (QED) is 0.726. The summed E-state index contributed by atoms with van der Waals surface area (Å²) in [5.74, 6) is 6.65. The molecule has 2 rings (SSSR count). The molecule has 2 saturated heterocycles. The Morgan fingerprint density at radius 1 is 1.32 bits per heavy atom. The number of carbonyl (C=O) groups is 1. The summed E-state index contributed by atoms with van der Waals surface area (Å²) in [5, 5.41) is 0. The van der Waals surface area contributed by atoms with Gasteiger partial charge in [-0.05, 0) is 39.3 Å². The van der Waals surface area contributed by atoms with Crippen LogP contribution in [0.25, 0.3) is 0 Å². The van der Waals surface area contributed by atoms with Crippen LogP contribution < -0.4 is 0 Å². The lowest BCUT2D eigenvalue weighted by molar-refractivity contribution is -0.150. The number of rotatable bonds is 3. The van der Waals surface area contributed by atoms with Gasteiger partial charge in [-0.25, -0.2) is 0 Å². The SMILES string of the molecule is CC#CCN1CCC2(CC1)CN(C(=O)C(C)CC)C2. The Morgan fingerprint density at radius 3 is 2.47 bits per heavy atom. The second-order valence-corrected chi connectivity index (χ2v) is 6.21. The highest BCUT2D eigenvalue weighted by Gasteiger charge is 2.46. The second kappa shape index (κ2) is 5.96. The lowest BCUT2D eigenvalue weighted by Gasteiger charge is -2.54. The van der Waals surface area contributed by atoms with E-state index in [1.807, 2.05) is 13.8 Å². The van der Waals surface area contributed by atoms with Crippen LogP contribution in [0.5, 0.6) is 0 Å². The zero-order valence-corrected chi connectivity index (χ0v) is 12.5. The Morgan fingerprint density at radius 2 is 1.95 bits per heavy atom. The number of likely N-dealkylation sites (tertiary alicyclic amines) is 2.